The molecule has 0 aromatic heterocycles. The van der Waals surface area contributed by atoms with Gasteiger partial charge in [-0.3, -0.25) is 0 Å². The molecular weight excluding hydrogens is 188 g/mol. The van der Waals surface area contributed by atoms with E-state index in [1.165, 1.54) is 0 Å². The van der Waals surface area contributed by atoms with Crippen LogP contribution in [0.25, 0.3) is 0 Å². The highest BCUT2D eigenvalue weighted by atomic mass is 16.3. The Morgan fingerprint density at radius 3 is 2.20 bits per heavy atom. The molecule has 1 atom stereocenters. The van der Waals surface area contributed by atoms with Gasteiger partial charge in [0.15, 0.2) is 0 Å². The Morgan fingerprint density at radius 2 is 1.73 bits per heavy atom. The van der Waals surface area contributed by atoms with Crippen LogP contribution in [0.3, 0.4) is 0 Å². The van der Waals surface area contributed by atoms with Gasteiger partial charge in [0.1, 0.15) is 0 Å². The average Bonchev–Trinajstić information content (AvgIpc) is 2.19. The molecule has 2 N–H and O–H groups in total. The van der Waals surface area contributed by atoms with E-state index in [2.05, 4.69) is 20.8 Å². The first kappa shape index (κ1) is 13.0. The third-order valence-electron chi connectivity index (χ3n) is 3.78. The van der Waals surface area contributed by atoms with Crippen LogP contribution in [-0.2, 0) is 0 Å². The van der Waals surface area contributed by atoms with Gasteiger partial charge in [0, 0.05) is 0 Å². The molecular formula is C13H26O2. The van der Waals surface area contributed by atoms with Crippen molar-refractivity contribution < 1.29 is 10.2 Å². The van der Waals surface area contributed by atoms with Crippen LogP contribution in [0.2, 0.25) is 0 Å². The molecule has 1 rings (SSSR count). The van der Waals surface area contributed by atoms with Crippen LogP contribution in [-0.4, -0.2) is 21.9 Å². The molecule has 1 fully saturated rings. The summed E-state index contributed by atoms with van der Waals surface area (Å²) in [5, 5.41) is 20.3. The molecule has 0 saturated heterocycles. The monoisotopic (exact) mass is 214 g/mol. The molecule has 2 heteroatoms. The van der Waals surface area contributed by atoms with Gasteiger partial charge in [-0.25, -0.2) is 0 Å². The van der Waals surface area contributed by atoms with Gasteiger partial charge in [-0.05, 0) is 50.4 Å². The van der Waals surface area contributed by atoms with E-state index in [0.717, 1.165) is 38.5 Å². The number of aliphatic hydroxyl groups is 2. The van der Waals surface area contributed by atoms with Gasteiger partial charge in [0.05, 0.1) is 11.7 Å². The Kier molecular flexibility index (Phi) is 4.60. The Morgan fingerprint density at radius 1 is 1.20 bits per heavy atom. The average molecular weight is 214 g/mol. The molecule has 15 heavy (non-hydrogen) atoms. The molecule has 0 aliphatic heterocycles. The van der Waals surface area contributed by atoms with Crippen molar-refractivity contribution in [3.8, 4) is 0 Å². The number of hydrogen-bond donors (Lipinski definition) is 2. The Labute approximate surface area is 93.7 Å². The second-order valence-electron chi connectivity index (χ2n) is 5.77. The van der Waals surface area contributed by atoms with Gasteiger partial charge in [0.2, 0.25) is 0 Å². The summed E-state index contributed by atoms with van der Waals surface area (Å²) in [6, 6.07) is 0. The van der Waals surface area contributed by atoms with Crippen molar-refractivity contribution in [3.05, 3.63) is 0 Å². The molecule has 0 amide bonds. The third-order valence-corrected chi connectivity index (χ3v) is 3.78. The summed E-state index contributed by atoms with van der Waals surface area (Å²) in [6.07, 6.45) is 4.86. The zero-order valence-electron chi connectivity index (χ0n) is 10.4. The summed E-state index contributed by atoms with van der Waals surface area (Å²) < 4.78 is 0. The van der Waals surface area contributed by atoms with E-state index in [-0.39, 0.29) is 0 Å². The molecule has 2 nitrogen and oxygen atoms in total. The van der Waals surface area contributed by atoms with E-state index in [1.807, 2.05) is 0 Å². The fraction of sp³-hybridized carbons (Fsp3) is 1.00. The molecule has 0 heterocycles. The van der Waals surface area contributed by atoms with E-state index in [1.54, 1.807) is 0 Å². The zero-order valence-corrected chi connectivity index (χ0v) is 10.4. The van der Waals surface area contributed by atoms with E-state index >= 15 is 0 Å². The van der Waals surface area contributed by atoms with Gasteiger partial charge >= 0.3 is 0 Å². The van der Waals surface area contributed by atoms with Crippen molar-refractivity contribution in [3.63, 3.8) is 0 Å². The quantitative estimate of drug-likeness (QED) is 0.755. The number of hydrogen-bond acceptors (Lipinski definition) is 2. The topological polar surface area (TPSA) is 40.5 Å². The van der Waals surface area contributed by atoms with Gasteiger partial charge in [-0.2, -0.15) is 0 Å². The molecule has 0 aromatic carbocycles. The summed E-state index contributed by atoms with van der Waals surface area (Å²) in [5.74, 6) is 1.31. The van der Waals surface area contributed by atoms with E-state index < -0.39 is 11.7 Å². The van der Waals surface area contributed by atoms with Gasteiger partial charge < -0.3 is 10.2 Å². The lowest BCUT2D eigenvalue weighted by Crippen LogP contribution is -2.45. The van der Waals surface area contributed by atoms with E-state index in [0.29, 0.717) is 11.8 Å². The fourth-order valence-corrected chi connectivity index (χ4v) is 2.36. The maximum Gasteiger partial charge on any atom is 0.0905 e. The smallest absolute Gasteiger partial charge is 0.0905 e. The molecule has 1 unspecified atom stereocenters. The number of aliphatic hydroxyl groups excluding tert-OH is 1. The summed E-state index contributed by atoms with van der Waals surface area (Å²) in [7, 11) is 0. The SMILES string of the molecule is CC(C)CCC(O)C1(O)CCC(C)CC1. The molecule has 0 radical (unpaired) electrons. The van der Waals surface area contributed by atoms with Crippen LogP contribution >= 0.6 is 0 Å². The highest BCUT2D eigenvalue weighted by Gasteiger charge is 2.38. The first-order valence-corrected chi connectivity index (χ1v) is 6.34. The predicted octanol–water partition coefficient (Wildman–Crippen LogP) is 2.72. The van der Waals surface area contributed by atoms with Crippen LogP contribution in [0.5, 0.6) is 0 Å². The molecule has 1 saturated carbocycles. The molecule has 0 aromatic rings. The lowest BCUT2D eigenvalue weighted by molar-refractivity contribution is -0.107. The molecule has 0 bridgehead atoms. The van der Waals surface area contributed by atoms with E-state index in [4.69, 9.17) is 0 Å². The van der Waals surface area contributed by atoms with Crippen molar-refractivity contribution in [1.82, 2.24) is 0 Å². The summed E-state index contributed by atoms with van der Waals surface area (Å²) in [6.45, 7) is 6.53. The van der Waals surface area contributed by atoms with Crippen molar-refractivity contribution >= 4 is 0 Å². The van der Waals surface area contributed by atoms with Gasteiger partial charge in [0.25, 0.3) is 0 Å². The highest BCUT2D eigenvalue weighted by Crippen LogP contribution is 2.35. The Hall–Kier alpha value is -0.0800. The largest absolute Gasteiger partial charge is 0.390 e. The van der Waals surface area contributed by atoms with Crippen molar-refractivity contribution in [2.24, 2.45) is 11.8 Å². The van der Waals surface area contributed by atoms with Crippen LogP contribution in [0.4, 0.5) is 0 Å². The van der Waals surface area contributed by atoms with E-state index in [9.17, 15) is 10.2 Å². The zero-order chi connectivity index (χ0) is 11.5. The standard InChI is InChI=1S/C13H26O2/c1-10(2)4-5-12(14)13(15)8-6-11(3)7-9-13/h10-12,14-15H,4-9H2,1-3H3. The van der Waals surface area contributed by atoms with Crippen molar-refractivity contribution in [1.29, 1.82) is 0 Å². The van der Waals surface area contributed by atoms with Crippen LogP contribution in [0, 0.1) is 11.8 Å². The molecule has 0 spiro atoms. The van der Waals surface area contributed by atoms with Gasteiger partial charge in [-0.1, -0.05) is 20.8 Å². The predicted molar refractivity (Wildman–Crippen MR) is 62.7 cm³/mol. The normalized spacial score (nSPS) is 34.4. The highest BCUT2D eigenvalue weighted by molar-refractivity contribution is 4.90. The Bertz CT molecular complexity index is 181. The lowest BCUT2D eigenvalue weighted by atomic mass is 9.75. The second kappa shape index (κ2) is 5.31. The number of rotatable bonds is 4. The summed E-state index contributed by atoms with van der Waals surface area (Å²) in [5.41, 5.74) is -0.790. The fourth-order valence-electron chi connectivity index (χ4n) is 2.36. The van der Waals surface area contributed by atoms with Crippen LogP contribution in [0.1, 0.15) is 59.3 Å². The lowest BCUT2D eigenvalue weighted by Gasteiger charge is -2.38. The van der Waals surface area contributed by atoms with Crippen LogP contribution < -0.4 is 0 Å². The minimum atomic E-state index is -0.790. The van der Waals surface area contributed by atoms with Crippen molar-refractivity contribution in [2.75, 3.05) is 0 Å². The van der Waals surface area contributed by atoms with Crippen LogP contribution in [0.15, 0.2) is 0 Å². The van der Waals surface area contributed by atoms with Gasteiger partial charge in [-0.15, -0.1) is 0 Å². The third kappa shape index (κ3) is 3.76. The molecule has 1 aliphatic carbocycles. The Balaban J connectivity index is 2.39. The minimum Gasteiger partial charge on any atom is -0.390 e. The second-order valence-corrected chi connectivity index (χ2v) is 5.77. The minimum absolute atomic E-state index is 0.521. The first-order chi connectivity index (χ1) is 6.94. The van der Waals surface area contributed by atoms with Crippen molar-refractivity contribution in [2.45, 2.75) is 71.0 Å². The molecule has 90 valence electrons. The first-order valence-electron chi connectivity index (χ1n) is 6.34. The summed E-state index contributed by atoms with van der Waals surface area (Å²) >= 11 is 0. The molecule has 1 aliphatic rings. The summed E-state index contributed by atoms with van der Waals surface area (Å²) in [4.78, 5) is 0. The maximum atomic E-state index is 10.3. The maximum absolute atomic E-state index is 10.3.